The molecule has 2 aliphatic heterocycles. The lowest BCUT2D eigenvalue weighted by molar-refractivity contribution is -0.133. The van der Waals surface area contributed by atoms with Gasteiger partial charge in [-0.05, 0) is 25.3 Å². The van der Waals surface area contributed by atoms with Gasteiger partial charge in [-0.3, -0.25) is 4.79 Å². The number of fused-ring (bicyclic) bond motifs is 1. The normalized spacial score (nSPS) is 26.0. The fourth-order valence-electron chi connectivity index (χ4n) is 3.56. The highest BCUT2D eigenvalue weighted by molar-refractivity contribution is 5.87. The number of nitrogens with one attached hydrogen (secondary N) is 1. The van der Waals surface area contributed by atoms with E-state index in [9.17, 15) is 4.79 Å². The number of aromatic amines is 1. The van der Waals surface area contributed by atoms with Crippen LogP contribution in [0.15, 0.2) is 18.6 Å². The second kappa shape index (κ2) is 4.19. The van der Waals surface area contributed by atoms with Crippen LogP contribution in [0.5, 0.6) is 0 Å². The Bertz CT molecular complexity index is 654. The largest absolute Gasteiger partial charge is 0.354 e. The highest BCUT2D eigenvalue weighted by atomic mass is 16.1. The molecule has 1 amide bonds. The van der Waals surface area contributed by atoms with Crippen molar-refractivity contribution in [1.82, 2.24) is 19.9 Å². The average molecular weight is 271 g/mol. The number of anilines is 1. The van der Waals surface area contributed by atoms with Gasteiger partial charge in [0.1, 0.15) is 17.8 Å². The van der Waals surface area contributed by atoms with Crippen molar-refractivity contribution in [2.45, 2.75) is 24.8 Å². The molecule has 104 valence electrons. The summed E-state index contributed by atoms with van der Waals surface area (Å²) in [6.07, 6.45) is 7.80. The maximum atomic E-state index is 11.2. The van der Waals surface area contributed by atoms with Crippen LogP contribution in [-0.2, 0) is 4.79 Å². The summed E-state index contributed by atoms with van der Waals surface area (Å²) >= 11 is 0. The number of H-pyrrole nitrogens is 1. The summed E-state index contributed by atoms with van der Waals surface area (Å²) in [6.45, 7) is 2.76. The number of hydrogen-bond donors (Lipinski definition) is 1. The standard InChI is InChI=1S/C14H17N5O/c20-10-19-7-4-14(19)3-1-6-18(8-14)13-11-2-5-15-12(11)16-9-17-13/h2,5,9-10H,1,3-4,6-8H2,(H,15,16,17). The molecule has 0 aliphatic carbocycles. The van der Waals surface area contributed by atoms with E-state index in [1.807, 2.05) is 17.2 Å². The third-order valence-corrected chi connectivity index (χ3v) is 4.74. The molecule has 6 heteroatoms. The maximum absolute atomic E-state index is 11.2. The summed E-state index contributed by atoms with van der Waals surface area (Å²) < 4.78 is 0. The van der Waals surface area contributed by atoms with Crippen LogP contribution in [0.25, 0.3) is 11.0 Å². The van der Waals surface area contributed by atoms with Crippen molar-refractivity contribution in [3.63, 3.8) is 0 Å². The van der Waals surface area contributed by atoms with E-state index in [0.29, 0.717) is 0 Å². The Labute approximate surface area is 116 Å². The van der Waals surface area contributed by atoms with Crippen LogP contribution in [0.3, 0.4) is 0 Å². The highest BCUT2D eigenvalue weighted by Gasteiger charge is 2.47. The number of aromatic nitrogens is 3. The lowest BCUT2D eigenvalue weighted by Crippen LogP contribution is -2.66. The molecule has 2 aliphatic rings. The maximum Gasteiger partial charge on any atom is 0.210 e. The van der Waals surface area contributed by atoms with E-state index in [4.69, 9.17) is 0 Å². The lowest BCUT2D eigenvalue weighted by atomic mass is 9.78. The Hall–Kier alpha value is -2.11. The number of carbonyl (C=O) groups excluding carboxylic acids is 1. The Kier molecular flexibility index (Phi) is 2.45. The molecule has 1 atom stereocenters. The zero-order chi connectivity index (χ0) is 13.6. The zero-order valence-corrected chi connectivity index (χ0v) is 11.2. The average Bonchev–Trinajstić information content (AvgIpc) is 2.95. The first-order valence-electron chi connectivity index (χ1n) is 7.07. The molecule has 6 nitrogen and oxygen atoms in total. The highest BCUT2D eigenvalue weighted by Crippen LogP contribution is 2.39. The van der Waals surface area contributed by atoms with Crippen molar-refractivity contribution >= 4 is 23.3 Å². The predicted molar refractivity (Wildman–Crippen MR) is 75.5 cm³/mol. The molecular weight excluding hydrogens is 254 g/mol. The van der Waals surface area contributed by atoms with Crippen LogP contribution >= 0.6 is 0 Å². The van der Waals surface area contributed by atoms with Gasteiger partial charge in [0, 0.05) is 25.8 Å². The van der Waals surface area contributed by atoms with Gasteiger partial charge in [0.05, 0.1) is 10.9 Å². The van der Waals surface area contributed by atoms with Crippen molar-refractivity contribution in [1.29, 1.82) is 0 Å². The summed E-state index contributed by atoms with van der Waals surface area (Å²) in [4.78, 5) is 27.2. The van der Waals surface area contributed by atoms with Crippen LogP contribution in [0, 0.1) is 0 Å². The molecule has 0 aromatic carbocycles. The Morgan fingerprint density at radius 3 is 3.05 bits per heavy atom. The van der Waals surface area contributed by atoms with Crippen molar-refractivity contribution in [3.8, 4) is 0 Å². The van der Waals surface area contributed by atoms with Crippen molar-refractivity contribution < 1.29 is 4.79 Å². The molecule has 4 rings (SSSR count). The van der Waals surface area contributed by atoms with E-state index in [1.165, 1.54) is 0 Å². The number of rotatable bonds is 2. The van der Waals surface area contributed by atoms with Gasteiger partial charge in [-0.15, -0.1) is 0 Å². The molecule has 2 saturated heterocycles. The van der Waals surface area contributed by atoms with Crippen LogP contribution in [0.1, 0.15) is 19.3 Å². The van der Waals surface area contributed by atoms with E-state index < -0.39 is 0 Å². The summed E-state index contributed by atoms with van der Waals surface area (Å²) in [6, 6.07) is 2.02. The smallest absolute Gasteiger partial charge is 0.210 e. The lowest BCUT2D eigenvalue weighted by Gasteiger charge is -2.55. The van der Waals surface area contributed by atoms with E-state index in [1.54, 1.807) is 6.33 Å². The van der Waals surface area contributed by atoms with Gasteiger partial charge in [0.25, 0.3) is 0 Å². The summed E-state index contributed by atoms with van der Waals surface area (Å²) in [7, 11) is 0. The summed E-state index contributed by atoms with van der Waals surface area (Å²) in [5.41, 5.74) is 0.906. The van der Waals surface area contributed by atoms with E-state index in [-0.39, 0.29) is 5.54 Å². The Balaban J connectivity index is 1.68. The number of carbonyl (C=O) groups is 1. The number of hydrogen-bond acceptors (Lipinski definition) is 4. The fourth-order valence-corrected chi connectivity index (χ4v) is 3.56. The van der Waals surface area contributed by atoms with Gasteiger partial charge in [-0.25, -0.2) is 9.97 Å². The molecule has 0 radical (unpaired) electrons. The minimum absolute atomic E-state index is 0.0353. The summed E-state index contributed by atoms with van der Waals surface area (Å²) in [5, 5.41) is 1.06. The van der Waals surface area contributed by atoms with Crippen molar-refractivity contribution in [2.24, 2.45) is 0 Å². The number of piperidine rings is 1. The molecule has 4 heterocycles. The Morgan fingerprint density at radius 1 is 1.30 bits per heavy atom. The molecule has 1 spiro atoms. The quantitative estimate of drug-likeness (QED) is 0.832. The number of nitrogens with zero attached hydrogens (tertiary/aromatic N) is 4. The van der Waals surface area contributed by atoms with Gasteiger partial charge in [0.15, 0.2) is 0 Å². The molecule has 1 unspecified atom stereocenters. The third-order valence-electron chi connectivity index (χ3n) is 4.74. The van der Waals surface area contributed by atoms with Gasteiger partial charge in [0.2, 0.25) is 6.41 Å². The Morgan fingerprint density at radius 2 is 2.25 bits per heavy atom. The first kappa shape index (κ1) is 11.7. The zero-order valence-electron chi connectivity index (χ0n) is 11.2. The molecule has 2 fully saturated rings. The topological polar surface area (TPSA) is 65.1 Å². The van der Waals surface area contributed by atoms with Crippen molar-refractivity contribution in [2.75, 3.05) is 24.5 Å². The SMILES string of the molecule is O=CN1CCC12CCCN(c1ncnc3[nH]ccc13)C2. The molecule has 0 bridgehead atoms. The first-order valence-corrected chi connectivity index (χ1v) is 7.07. The van der Waals surface area contributed by atoms with Crippen molar-refractivity contribution in [3.05, 3.63) is 18.6 Å². The van der Waals surface area contributed by atoms with E-state index >= 15 is 0 Å². The molecule has 1 N–H and O–H groups in total. The second-order valence-electron chi connectivity index (χ2n) is 5.74. The monoisotopic (exact) mass is 271 g/mol. The minimum atomic E-state index is 0.0353. The van der Waals surface area contributed by atoms with Crippen LogP contribution < -0.4 is 4.90 Å². The number of amides is 1. The summed E-state index contributed by atoms with van der Waals surface area (Å²) in [5.74, 6) is 0.980. The molecule has 20 heavy (non-hydrogen) atoms. The molecular formula is C14H17N5O. The second-order valence-corrected chi connectivity index (χ2v) is 5.74. The van der Waals surface area contributed by atoms with Gasteiger partial charge < -0.3 is 14.8 Å². The van der Waals surface area contributed by atoms with Gasteiger partial charge in [-0.1, -0.05) is 0 Å². The molecule has 2 aromatic heterocycles. The first-order chi connectivity index (χ1) is 9.82. The van der Waals surface area contributed by atoms with Gasteiger partial charge in [-0.2, -0.15) is 0 Å². The van der Waals surface area contributed by atoms with Gasteiger partial charge >= 0.3 is 0 Å². The molecule has 0 saturated carbocycles. The fraction of sp³-hybridized carbons (Fsp3) is 0.500. The predicted octanol–water partition coefficient (Wildman–Crippen LogP) is 1.16. The van der Waals surface area contributed by atoms with Crippen LogP contribution in [0.4, 0.5) is 5.82 Å². The minimum Gasteiger partial charge on any atom is -0.354 e. The van der Waals surface area contributed by atoms with Crippen LogP contribution in [-0.4, -0.2) is 51.4 Å². The van der Waals surface area contributed by atoms with Crippen LogP contribution in [0.2, 0.25) is 0 Å². The number of likely N-dealkylation sites (tertiary alicyclic amines) is 1. The third kappa shape index (κ3) is 1.54. The molecule has 2 aromatic rings. The van der Waals surface area contributed by atoms with E-state index in [0.717, 1.165) is 62.2 Å². The van der Waals surface area contributed by atoms with E-state index in [2.05, 4.69) is 19.9 Å².